The molecule has 1 unspecified atom stereocenters. The van der Waals surface area contributed by atoms with E-state index < -0.39 is 18.0 Å². The maximum absolute atomic E-state index is 12.9. The van der Waals surface area contributed by atoms with Crippen LogP contribution >= 0.6 is 11.6 Å². The lowest BCUT2D eigenvalue weighted by atomic mass is 9.94. The first-order valence-electron chi connectivity index (χ1n) is 10.5. The van der Waals surface area contributed by atoms with Crippen LogP contribution in [-0.4, -0.2) is 45.7 Å². The molecule has 1 fully saturated rings. The molecule has 2 aliphatic rings. The Morgan fingerprint density at radius 2 is 1.81 bits per heavy atom. The lowest BCUT2D eigenvalue weighted by molar-refractivity contribution is -0.123. The zero-order chi connectivity index (χ0) is 22.8. The number of aromatic nitrogens is 1. The Kier molecular flexibility index (Phi) is 6.23. The molecule has 0 radical (unpaired) electrons. The van der Waals surface area contributed by atoms with Gasteiger partial charge in [-0.25, -0.2) is 9.78 Å². The Balaban J connectivity index is 1.44. The third-order valence-electron chi connectivity index (χ3n) is 5.73. The van der Waals surface area contributed by atoms with E-state index in [1.807, 2.05) is 0 Å². The number of halogens is 1. The van der Waals surface area contributed by atoms with Gasteiger partial charge in [-0.1, -0.05) is 30.9 Å². The molecule has 1 aromatic heterocycles. The minimum atomic E-state index is -1.11. The summed E-state index contributed by atoms with van der Waals surface area (Å²) in [5.41, 5.74) is 0.578. The minimum absolute atomic E-state index is 0.0969. The SMILES string of the molecule is CC(OC(=O)c1ccc2c(c1)C(=O)N(C1CCCCC1)C2=O)C(=O)Nc1ccc(Cl)cn1. The average Bonchev–Trinajstić information content (AvgIpc) is 3.05. The van der Waals surface area contributed by atoms with Gasteiger partial charge < -0.3 is 10.1 Å². The molecule has 9 heteroatoms. The summed E-state index contributed by atoms with van der Waals surface area (Å²) in [6.07, 6.45) is 4.96. The van der Waals surface area contributed by atoms with Crippen LogP contribution in [0.25, 0.3) is 0 Å². The summed E-state index contributed by atoms with van der Waals surface area (Å²) >= 11 is 5.77. The highest BCUT2D eigenvalue weighted by Crippen LogP contribution is 2.31. The zero-order valence-corrected chi connectivity index (χ0v) is 18.2. The standard InChI is InChI=1S/C23H22ClN3O5/c1-13(20(28)26-19-10-8-15(24)12-25-19)32-23(31)14-7-9-17-18(11-14)22(30)27(21(17)29)16-5-3-2-4-6-16/h7-13,16H,2-6H2,1H3,(H,25,26,28). The molecule has 166 valence electrons. The van der Waals surface area contributed by atoms with Crippen molar-refractivity contribution >= 4 is 41.1 Å². The third kappa shape index (κ3) is 4.36. The van der Waals surface area contributed by atoms with Crippen LogP contribution < -0.4 is 5.32 Å². The van der Waals surface area contributed by atoms with Gasteiger partial charge in [-0.15, -0.1) is 0 Å². The number of nitrogens with one attached hydrogen (secondary N) is 1. The van der Waals surface area contributed by atoms with Gasteiger partial charge in [0.2, 0.25) is 0 Å². The molecule has 1 N–H and O–H groups in total. The van der Waals surface area contributed by atoms with E-state index in [-0.39, 0.29) is 40.4 Å². The fourth-order valence-electron chi connectivity index (χ4n) is 4.02. The molecule has 0 bridgehead atoms. The van der Waals surface area contributed by atoms with E-state index in [1.54, 1.807) is 6.07 Å². The number of nitrogens with zero attached hydrogens (tertiary/aromatic N) is 2. The number of hydrogen-bond acceptors (Lipinski definition) is 6. The van der Waals surface area contributed by atoms with Crippen LogP contribution in [0.15, 0.2) is 36.5 Å². The predicted octanol–water partition coefficient (Wildman–Crippen LogP) is 3.85. The van der Waals surface area contributed by atoms with E-state index in [2.05, 4.69) is 10.3 Å². The monoisotopic (exact) mass is 455 g/mol. The summed E-state index contributed by atoms with van der Waals surface area (Å²) in [6, 6.07) is 7.26. The lowest BCUT2D eigenvalue weighted by Crippen LogP contribution is -2.40. The molecule has 1 atom stereocenters. The first-order chi connectivity index (χ1) is 15.3. The van der Waals surface area contributed by atoms with Gasteiger partial charge in [-0.05, 0) is 50.1 Å². The molecule has 2 aromatic rings. The van der Waals surface area contributed by atoms with Crippen molar-refractivity contribution in [3.63, 3.8) is 0 Å². The molecule has 8 nitrogen and oxygen atoms in total. The highest BCUT2D eigenvalue weighted by Gasteiger charge is 2.40. The molecule has 1 aliphatic heterocycles. The number of fused-ring (bicyclic) bond motifs is 1. The average molecular weight is 456 g/mol. The molecule has 4 rings (SSSR count). The molecule has 1 aromatic carbocycles. The third-order valence-corrected chi connectivity index (χ3v) is 5.95. The van der Waals surface area contributed by atoms with Crippen LogP contribution in [0.1, 0.15) is 70.1 Å². The normalized spacial score (nSPS) is 17.1. The topological polar surface area (TPSA) is 106 Å². The van der Waals surface area contributed by atoms with Crippen LogP contribution in [0.3, 0.4) is 0 Å². The van der Waals surface area contributed by atoms with E-state index in [0.29, 0.717) is 5.02 Å². The van der Waals surface area contributed by atoms with Gasteiger partial charge in [0.1, 0.15) is 5.82 Å². The molecule has 3 amide bonds. The number of amides is 3. The second-order valence-corrected chi connectivity index (χ2v) is 8.37. The van der Waals surface area contributed by atoms with E-state index >= 15 is 0 Å². The number of rotatable bonds is 5. The van der Waals surface area contributed by atoms with Crippen molar-refractivity contribution in [1.82, 2.24) is 9.88 Å². The summed E-state index contributed by atoms with van der Waals surface area (Å²) in [7, 11) is 0. The minimum Gasteiger partial charge on any atom is -0.449 e. The van der Waals surface area contributed by atoms with Gasteiger partial charge in [0.25, 0.3) is 17.7 Å². The van der Waals surface area contributed by atoms with Gasteiger partial charge in [0.15, 0.2) is 6.10 Å². The maximum atomic E-state index is 12.9. The summed E-state index contributed by atoms with van der Waals surface area (Å²) in [6.45, 7) is 1.43. The quantitative estimate of drug-likeness (QED) is 0.542. The number of hydrogen-bond donors (Lipinski definition) is 1. The van der Waals surface area contributed by atoms with Gasteiger partial charge in [-0.2, -0.15) is 0 Å². The van der Waals surface area contributed by atoms with Gasteiger partial charge in [-0.3, -0.25) is 19.3 Å². The molecular weight excluding hydrogens is 434 g/mol. The van der Waals surface area contributed by atoms with E-state index in [0.717, 1.165) is 32.1 Å². The number of ether oxygens (including phenoxy) is 1. The molecular formula is C23H22ClN3O5. The Labute approximate surface area is 189 Å². The number of carbonyl (C=O) groups excluding carboxylic acids is 4. The highest BCUT2D eigenvalue weighted by molar-refractivity contribution is 6.30. The second-order valence-electron chi connectivity index (χ2n) is 7.93. The van der Waals surface area contributed by atoms with Crippen LogP contribution in [0.5, 0.6) is 0 Å². The van der Waals surface area contributed by atoms with E-state index in [4.69, 9.17) is 16.3 Å². The number of benzene rings is 1. The van der Waals surface area contributed by atoms with Crippen molar-refractivity contribution in [1.29, 1.82) is 0 Å². The number of esters is 1. The Bertz CT molecular complexity index is 1080. The Morgan fingerprint density at radius 1 is 1.09 bits per heavy atom. The maximum Gasteiger partial charge on any atom is 0.338 e. The summed E-state index contributed by atoms with van der Waals surface area (Å²) in [5, 5.41) is 2.96. The molecule has 2 heterocycles. The molecule has 1 aliphatic carbocycles. The van der Waals surface area contributed by atoms with Crippen LogP contribution in [-0.2, 0) is 9.53 Å². The van der Waals surface area contributed by atoms with Crippen molar-refractivity contribution in [2.24, 2.45) is 0 Å². The molecule has 32 heavy (non-hydrogen) atoms. The van der Waals surface area contributed by atoms with Gasteiger partial charge in [0.05, 0.1) is 21.7 Å². The molecule has 1 saturated carbocycles. The van der Waals surface area contributed by atoms with Gasteiger partial charge >= 0.3 is 5.97 Å². The summed E-state index contributed by atoms with van der Waals surface area (Å²) < 4.78 is 5.24. The first-order valence-corrected chi connectivity index (χ1v) is 10.9. The highest BCUT2D eigenvalue weighted by atomic mass is 35.5. The first kappa shape index (κ1) is 22.0. The van der Waals surface area contributed by atoms with Crippen LogP contribution in [0.4, 0.5) is 5.82 Å². The second kappa shape index (κ2) is 9.08. The molecule has 0 saturated heterocycles. The Morgan fingerprint density at radius 3 is 2.50 bits per heavy atom. The Hall–Kier alpha value is -3.26. The number of imide groups is 1. The number of anilines is 1. The number of carbonyl (C=O) groups is 4. The summed E-state index contributed by atoms with van der Waals surface area (Å²) in [5.74, 6) is -1.77. The number of pyridine rings is 1. The van der Waals surface area contributed by atoms with Crippen molar-refractivity contribution in [2.75, 3.05) is 5.32 Å². The van der Waals surface area contributed by atoms with Crippen LogP contribution in [0, 0.1) is 0 Å². The zero-order valence-electron chi connectivity index (χ0n) is 17.5. The largest absolute Gasteiger partial charge is 0.449 e. The van der Waals surface area contributed by atoms with Crippen molar-refractivity contribution in [3.8, 4) is 0 Å². The molecule has 0 spiro atoms. The summed E-state index contributed by atoms with van der Waals surface area (Å²) in [4.78, 5) is 55.9. The van der Waals surface area contributed by atoms with E-state index in [1.165, 1.54) is 42.3 Å². The fraction of sp³-hybridized carbons (Fsp3) is 0.348. The van der Waals surface area contributed by atoms with E-state index in [9.17, 15) is 19.2 Å². The van der Waals surface area contributed by atoms with Crippen LogP contribution in [0.2, 0.25) is 5.02 Å². The van der Waals surface area contributed by atoms with Crippen molar-refractivity contribution in [2.45, 2.75) is 51.2 Å². The lowest BCUT2D eigenvalue weighted by Gasteiger charge is -2.29. The smallest absolute Gasteiger partial charge is 0.338 e. The van der Waals surface area contributed by atoms with Crippen molar-refractivity contribution in [3.05, 3.63) is 58.2 Å². The fourth-order valence-corrected chi connectivity index (χ4v) is 4.13. The predicted molar refractivity (Wildman–Crippen MR) is 117 cm³/mol. The van der Waals surface area contributed by atoms with Crippen molar-refractivity contribution < 1.29 is 23.9 Å². The van der Waals surface area contributed by atoms with Gasteiger partial charge in [0, 0.05) is 12.2 Å².